The number of ketones is 2. The smallest absolute Gasteiger partial charge is 0.325 e. The van der Waals surface area contributed by atoms with Gasteiger partial charge in [-0.25, -0.2) is 0 Å². The first-order valence-corrected chi connectivity index (χ1v) is 19.9. The van der Waals surface area contributed by atoms with E-state index >= 15 is 0 Å². The summed E-state index contributed by atoms with van der Waals surface area (Å²) in [4.78, 5) is 66.9. The molecule has 22 nitrogen and oxygen atoms in total. The highest BCUT2D eigenvalue weighted by Crippen LogP contribution is 2.57. The van der Waals surface area contributed by atoms with Crippen molar-refractivity contribution in [2.75, 3.05) is 27.3 Å². The number of nitrogens with zero attached hydrogens (tertiary/aromatic N) is 1. The number of nitrogens with one attached hydrogen (secondary N) is 1. The SMILES string of the molecule is COc1cc(O)c2c(c1)C(=O)c1c(cc3c(c1O)-c1c(cc(C)c(C(=O)NC(C)C(=O)O)c1O)[C@H](OC1OC(C)C(N(C)CC(N)=O)C(OC4OCC(O)C(O)C4O)C1O)[C@H]3O)C2=O. The van der Waals surface area contributed by atoms with Crippen LogP contribution in [0, 0.1) is 6.92 Å². The van der Waals surface area contributed by atoms with Crippen molar-refractivity contribution in [3.8, 4) is 34.1 Å². The van der Waals surface area contributed by atoms with E-state index in [0.717, 1.165) is 12.1 Å². The number of aliphatic hydroxyl groups excluding tert-OH is 5. The van der Waals surface area contributed by atoms with E-state index in [9.17, 15) is 69.9 Å². The second-order valence-electron chi connectivity index (χ2n) is 16.2. The third-order valence-electron chi connectivity index (χ3n) is 12.0. The van der Waals surface area contributed by atoms with Crippen LogP contribution in [0.2, 0.25) is 0 Å². The van der Waals surface area contributed by atoms with Crippen LogP contribution in [0.1, 0.15) is 84.9 Å². The zero-order valence-electron chi connectivity index (χ0n) is 34.8. The molecule has 0 bridgehead atoms. The maximum atomic E-state index is 14.1. The Bertz CT molecular complexity index is 2440. The highest BCUT2D eigenvalue weighted by atomic mass is 16.7. The van der Waals surface area contributed by atoms with E-state index in [1.807, 2.05) is 0 Å². The largest absolute Gasteiger partial charge is 0.507 e. The predicted octanol–water partition coefficient (Wildman–Crippen LogP) is -1.41. The van der Waals surface area contributed by atoms with Crippen LogP contribution in [-0.2, 0) is 28.5 Å². The molecule has 0 spiro atoms. The molecule has 2 aliphatic heterocycles. The van der Waals surface area contributed by atoms with Gasteiger partial charge in [-0.2, -0.15) is 0 Å². The molecule has 0 aromatic heterocycles. The van der Waals surface area contributed by atoms with E-state index in [0.29, 0.717) is 0 Å². The lowest BCUT2D eigenvalue weighted by Gasteiger charge is -2.49. The van der Waals surface area contributed by atoms with Gasteiger partial charge in [-0.3, -0.25) is 28.9 Å². The number of amides is 2. The molecule has 3 aromatic carbocycles. The Labute approximate surface area is 362 Å². The number of carbonyl (C=O) groups excluding carboxylic acids is 4. The lowest BCUT2D eigenvalue weighted by atomic mass is 9.74. The fraction of sp³-hybridized carbons (Fsp3) is 0.452. The summed E-state index contributed by atoms with van der Waals surface area (Å²) < 4.78 is 29.2. The fourth-order valence-corrected chi connectivity index (χ4v) is 8.84. The van der Waals surface area contributed by atoms with Gasteiger partial charge in [0.15, 0.2) is 24.1 Å². The van der Waals surface area contributed by atoms with Gasteiger partial charge in [0.25, 0.3) is 5.91 Å². The van der Waals surface area contributed by atoms with E-state index < -0.39 is 160 Å². The zero-order chi connectivity index (χ0) is 47.0. The molecule has 0 radical (unpaired) electrons. The molecule has 2 aliphatic carbocycles. The lowest BCUT2D eigenvalue weighted by Crippen LogP contribution is -2.66. The van der Waals surface area contributed by atoms with Gasteiger partial charge < -0.3 is 80.7 Å². The van der Waals surface area contributed by atoms with Crippen LogP contribution < -0.4 is 15.8 Å². The number of carboxylic acid groups (broad SMARTS) is 1. The normalized spacial score (nSPS) is 29.0. The summed E-state index contributed by atoms with van der Waals surface area (Å²) >= 11 is 0. The van der Waals surface area contributed by atoms with E-state index in [-0.39, 0.29) is 34.5 Å². The lowest BCUT2D eigenvalue weighted by molar-refractivity contribution is -0.345. The number of primary amides is 1. The highest BCUT2D eigenvalue weighted by Gasteiger charge is 2.52. The molecule has 12 atom stereocenters. The molecule has 10 unspecified atom stereocenters. The van der Waals surface area contributed by atoms with Gasteiger partial charge in [-0.1, -0.05) is 6.07 Å². The number of ether oxygens (including phenoxy) is 5. The Morgan fingerprint density at radius 3 is 2.16 bits per heavy atom. The number of aromatic hydroxyl groups is 3. The third kappa shape index (κ3) is 7.70. The first kappa shape index (κ1) is 46.2. The van der Waals surface area contributed by atoms with Crippen molar-refractivity contribution in [3.63, 3.8) is 0 Å². The number of hydrogen-bond acceptors (Lipinski definition) is 19. The number of phenols is 3. The number of likely N-dealkylation sites (N-methyl/N-ethyl adjacent to an activating group) is 1. The van der Waals surface area contributed by atoms with Gasteiger partial charge in [0.05, 0.1) is 49.1 Å². The van der Waals surface area contributed by atoms with Crippen LogP contribution >= 0.6 is 0 Å². The Kier molecular flexibility index (Phi) is 12.5. The van der Waals surface area contributed by atoms with Gasteiger partial charge >= 0.3 is 5.97 Å². The van der Waals surface area contributed by atoms with Crippen LogP contribution in [-0.4, -0.2) is 169 Å². The maximum absolute atomic E-state index is 14.1. The molecule has 0 saturated carbocycles. The fourth-order valence-electron chi connectivity index (χ4n) is 8.84. The number of carboxylic acids is 1. The predicted molar refractivity (Wildman–Crippen MR) is 213 cm³/mol. The molecule has 2 heterocycles. The molecule has 3 aromatic rings. The minimum atomic E-state index is -1.96. The Balaban J connectivity index is 1.37. The molecule has 12 N–H and O–H groups in total. The summed E-state index contributed by atoms with van der Waals surface area (Å²) in [5, 5.41) is 102. The van der Waals surface area contributed by atoms with Crippen LogP contribution in [0.25, 0.3) is 11.1 Å². The van der Waals surface area contributed by atoms with Crippen molar-refractivity contribution in [1.82, 2.24) is 10.2 Å². The van der Waals surface area contributed by atoms with Gasteiger partial charge in [-0.05, 0) is 56.6 Å². The summed E-state index contributed by atoms with van der Waals surface area (Å²) in [5.74, 6) is -7.63. The topological polar surface area (TPSA) is 355 Å². The number of hydrogen-bond donors (Lipinski definition) is 11. The van der Waals surface area contributed by atoms with Gasteiger partial charge in [0.2, 0.25) is 5.91 Å². The summed E-state index contributed by atoms with van der Waals surface area (Å²) in [6, 6.07) is 2.06. The first-order valence-electron chi connectivity index (χ1n) is 19.9. The highest BCUT2D eigenvalue weighted by molar-refractivity contribution is 6.31. The molecule has 2 saturated heterocycles. The summed E-state index contributed by atoms with van der Waals surface area (Å²) in [6.45, 7) is 3.17. The molecule has 7 rings (SSSR count). The Morgan fingerprint density at radius 1 is 0.875 bits per heavy atom. The minimum absolute atomic E-state index is 0.00262. The number of nitrogens with two attached hydrogens (primary N) is 1. The second-order valence-corrected chi connectivity index (χ2v) is 16.2. The number of phenolic OH excluding ortho intramolecular Hbond substituents is 3. The number of fused-ring (bicyclic) bond motifs is 5. The maximum Gasteiger partial charge on any atom is 0.325 e. The number of aryl methyl sites for hydroxylation is 1. The van der Waals surface area contributed by atoms with E-state index in [2.05, 4.69) is 5.32 Å². The molecule has 2 amide bonds. The van der Waals surface area contributed by atoms with Crippen LogP contribution in [0.5, 0.6) is 23.0 Å². The Morgan fingerprint density at radius 2 is 1.52 bits per heavy atom. The zero-order valence-corrected chi connectivity index (χ0v) is 34.8. The third-order valence-corrected chi connectivity index (χ3v) is 12.0. The molecule has 344 valence electrons. The second kappa shape index (κ2) is 17.3. The number of aliphatic carboxylic acids is 1. The summed E-state index contributed by atoms with van der Waals surface area (Å²) in [5.41, 5.74) is 1.74. The van der Waals surface area contributed by atoms with Crippen molar-refractivity contribution < 1.29 is 93.6 Å². The van der Waals surface area contributed by atoms with Crippen molar-refractivity contribution >= 4 is 29.4 Å². The van der Waals surface area contributed by atoms with Crippen LogP contribution in [0.3, 0.4) is 0 Å². The molecule has 64 heavy (non-hydrogen) atoms. The van der Waals surface area contributed by atoms with Crippen molar-refractivity contribution in [2.24, 2.45) is 5.73 Å². The quantitative estimate of drug-likeness (QED) is 0.0823. The number of methoxy groups -OCH3 is 1. The summed E-state index contributed by atoms with van der Waals surface area (Å²) in [7, 11) is 2.71. The monoisotopic (exact) mass is 897 g/mol. The summed E-state index contributed by atoms with van der Waals surface area (Å²) in [6.07, 6.45) is -16.7. The molecule has 4 aliphatic rings. The molecular weight excluding hydrogens is 850 g/mol. The van der Waals surface area contributed by atoms with Crippen LogP contribution in [0.15, 0.2) is 24.3 Å². The van der Waals surface area contributed by atoms with Crippen molar-refractivity contribution in [1.29, 1.82) is 0 Å². The van der Waals surface area contributed by atoms with Crippen molar-refractivity contribution in [3.05, 3.63) is 68.8 Å². The number of rotatable bonds is 11. The standard InChI is InChI=1S/C42H47N3O19/c1-12-6-19-26(33(53)23(12)39(57)44-13(2)40(58)59)25-17(9-18-27(34(25)54)30(50)16-7-15(60-5)8-20(46)24(16)29(18)49)31(51)37(19)63-42-36(56)38(28(14(3)62-42)45(4)10-22(43)48)64-41-35(55)32(52)21(47)11-61-41/h6-9,13-14,21,28,31-32,35-38,41-42,46-47,51-56H,10-11H2,1-5H3,(H2,43,48)(H,44,57)(H,58,59)/t13?,14?,21?,28?,31-,32?,35?,36?,37-,38?,41?,42?/m0/s1. The number of benzene rings is 3. The van der Waals surface area contributed by atoms with E-state index in [4.69, 9.17) is 29.4 Å². The van der Waals surface area contributed by atoms with E-state index in [1.165, 1.54) is 52.0 Å². The Hall–Kier alpha value is -5.79. The average molecular weight is 898 g/mol. The van der Waals surface area contributed by atoms with E-state index in [1.54, 1.807) is 0 Å². The minimum Gasteiger partial charge on any atom is -0.507 e. The van der Waals surface area contributed by atoms with Gasteiger partial charge in [0, 0.05) is 28.3 Å². The van der Waals surface area contributed by atoms with Crippen LogP contribution in [0.4, 0.5) is 0 Å². The van der Waals surface area contributed by atoms with Gasteiger partial charge in [-0.15, -0.1) is 0 Å². The number of aliphatic hydroxyl groups is 5. The molecular formula is C42H47N3O19. The molecule has 22 heteroatoms. The number of carbonyl (C=O) groups is 5. The average Bonchev–Trinajstić information content (AvgIpc) is 3.22. The molecule has 2 fully saturated rings. The first-order chi connectivity index (χ1) is 30.1. The van der Waals surface area contributed by atoms with Crippen molar-refractivity contribution in [2.45, 2.75) is 94.3 Å². The van der Waals surface area contributed by atoms with Gasteiger partial charge in [0.1, 0.15) is 71.8 Å².